The maximum Gasteiger partial charge on any atom is 0.135 e. The van der Waals surface area contributed by atoms with E-state index < -0.39 is 0 Å². The number of furan rings is 2. The molecule has 2 aromatic heterocycles. The molecule has 0 spiro atoms. The minimum atomic E-state index is 0.513. The second kappa shape index (κ2) is 9.24. The van der Waals surface area contributed by atoms with Crippen LogP contribution < -0.4 is 0 Å². The smallest absolute Gasteiger partial charge is 0.135 e. The quantitative estimate of drug-likeness (QED) is 0.225. The molecule has 0 aliphatic rings. The van der Waals surface area contributed by atoms with Gasteiger partial charge in [-0.2, -0.15) is 10.5 Å². The van der Waals surface area contributed by atoms with Crippen molar-refractivity contribution in [3.05, 3.63) is 132 Å². The number of benzene rings is 6. The van der Waals surface area contributed by atoms with E-state index in [2.05, 4.69) is 36.4 Å². The van der Waals surface area contributed by atoms with Crippen LogP contribution in [0.3, 0.4) is 0 Å². The largest absolute Gasteiger partial charge is 0.456 e. The molecule has 0 unspecified atom stereocenters. The predicted octanol–water partition coefficient (Wildman–Crippen LogP) is 10.2. The van der Waals surface area contributed by atoms with Crippen LogP contribution in [0, 0.1) is 22.7 Å². The van der Waals surface area contributed by atoms with Crippen LogP contribution >= 0.6 is 0 Å². The number of hydrogen-bond acceptors (Lipinski definition) is 4. The number of nitrogens with zero attached hydrogens (tertiary/aromatic N) is 2. The van der Waals surface area contributed by atoms with Gasteiger partial charge in [0.1, 0.15) is 28.4 Å². The standard InChI is InChI=1S/C38H20N2O2/c39-21-25-7-1-2-8-27(25)38-28(24-14-18-37-32(20-24)30-10-4-6-12-35(30)42-37)16-15-26(33(38)22-40)23-13-17-36-31(19-23)29-9-3-5-11-34(29)41-36/h1-20H. The lowest BCUT2D eigenvalue weighted by Gasteiger charge is -2.17. The minimum absolute atomic E-state index is 0.513. The molecular weight excluding hydrogens is 516 g/mol. The summed E-state index contributed by atoms with van der Waals surface area (Å²) in [7, 11) is 0. The monoisotopic (exact) mass is 536 g/mol. The van der Waals surface area contributed by atoms with Gasteiger partial charge in [-0.05, 0) is 59.2 Å². The highest BCUT2D eigenvalue weighted by Crippen LogP contribution is 2.43. The van der Waals surface area contributed by atoms with Crippen LogP contribution in [-0.4, -0.2) is 0 Å². The fourth-order valence-corrected chi connectivity index (χ4v) is 6.07. The van der Waals surface area contributed by atoms with Gasteiger partial charge in [-0.1, -0.05) is 78.9 Å². The second-order valence-electron chi connectivity index (χ2n) is 10.3. The summed E-state index contributed by atoms with van der Waals surface area (Å²) in [4.78, 5) is 0. The Morgan fingerprint density at radius 1 is 0.429 bits per heavy atom. The molecule has 194 valence electrons. The fourth-order valence-electron chi connectivity index (χ4n) is 6.07. The van der Waals surface area contributed by atoms with Crippen LogP contribution in [0.25, 0.3) is 77.3 Å². The van der Waals surface area contributed by atoms with Crippen LogP contribution in [0.15, 0.2) is 130 Å². The van der Waals surface area contributed by atoms with Crippen molar-refractivity contribution in [3.63, 3.8) is 0 Å². The molecule has 0 radical (unpaired) electrons. The van der Waals surface area contributed by atoms with E-state index in [0.717, 1.165) is 77.3 Å². The first-order valence-electron chi connectivity index (χ1n) is 13.6. The molecular formula is C38H20N2O2. The molecule has 8 aromatic rings. The Bertz CT molecular complexity index is 2450. The molecule has 4 heteroatoms. The Balaban J connectivity index is 1.42. The summed E-state index contributed by atoms with van der Waals surface area (Å²) >= 11 is 0. The topological polar surface area (TPSA) is 73.9 Å². The molecule has 0 amide bonds. The van der Waals surface area contributed by atoms with Gasteiger partial charge in [0.25, 0.3) is 0 Å². The van der Waals surface area contributed by atoms with Crippen molar-refractivity contribution in [2.75, 3.05) is 0 Å². The zero-order chi connectivity index (χ0) is 28.2. The second-order valence-corrected chi connectivity index (χ2v) is 10.3. The summed E-state index contributed by atoms with van der Waals surface area (Å²) in [6.45, 7) is 0. The lowest BCUT2D eigenvalue weighted by molar-refractivity contribution is 0.668. The molecule has 2 heterocycles. The lowest BCUT2D eigenvalue weighted by atomic mass is 9.84. The normalized spacial score (nSPS) is 11.3. The van der Waals surface area contributed by atoms with E-state index in [-0.39, 0.29) is 0 Å². The molecule has 0 aliphatic heterocycles. The van der Waals surface area contributed by atoms with Crippen molar-refractivity contribution in [1.82, 2.24) is 0 Å². The SMILES string of the molecule is N#Cc1ccccc1-c1c(-c2ccc3oc4ccccc4c3c2)ccc(-c2ccc3oc4ccccc4c3c2)c1C#N. The van der Waals surface area contributed by atoms with Crippen LogP contribution in [-0.2, 0) is 0 Å². The van der Waals surface area contributed by atoms with Crippen molar-refractivity contribution >= 4 is 43.9 Å². The summed E-state index contributed by atoms with van der Waals surface area (Å²) in [6, 6.07) is 44.5. The summed E-state index contributed by atoms with van der Waals surface area (Å²) in [6.07, 6.45) is 0. The average Bonchev–Trinajstić information content (AvgIpc) is 3.61. The van der Waals surface area contributed by atoms with E-state index >= 15 is 0 Å². The van der Waals surface area contributed by atoms with Crippen molar-refractivity contribution < 1.29 is 8.83 Å². The summed E-state index contributed by atoms with van der Waals surface area (Å²) in [5.74, 6) is 0. The van der Waals surface area contributed by atoms with Gasteiger partial charge >= 0.3 is 0 Å². The van der Waals surface area contributed by atoms with Gasteiger partial charge in [0.15, 0.2) is 0 Å². The zero-order valence-corrected chi connectivity index (χ0v) is 22.3. The third kappa shape index (κ3) is 3.53. The third-order valence-corrected chi connectivity index (χ3v) is 8.01. The van der Waals surface area contributed by atoms with Crippen LogP contribution in [0.2, 0.25) is 0 Å². The number of rotatable bonds is 3. The van der Waals surface area contributed by atoms with E-state index in [9.17, 15) is 10.5 Å². The highest BCUT2D eigenvalue weighted by Gasteiger charge is 2.21. The van der Waals surface area contributed by atoms with E-state index in [0.29, 0.717) is 11.1 Å². The van der Waals surface area contributed by atoms with Gasteiger partial charge in [0, 0.05) is 38.2 Å². The minimum Gasteiger partial charge on any atom is -0.456 e. The number of para-hydroxylation sites is 2. The van der Waals surface area contributed by atoms with Gasteiger partial charge in [-0.3, -0.25) is 0 Å². The lowest BCUT2D eigenvalue weighted by Crippen LogP contribution is -1.96. The maximum atomic E-state index is 10.7. The van der Waals surface area contributed by atoms with Gasteiger partial charge in [-0.15, -0.1) is 0 Å². The van der Waals surface area contributed by atoms with Crippen LogP contribution in [0.4, 0.5) is 0 Å². The molecule has 42 heavy (non-hydrogen) atoms. The third-order valence-electron chi connectivity index (χ3n) is 8.01. The molecule has 0 saturated carbocycles. The number of nitriles is 2. The maximum absolute atomic E-state index is 10.7. The first kappa shape index (κ1) is 23.8. The highest BCUT2D eigenvalue weighted by atomic mass is 16.3. The van der Waals surface area contributed by atoms with Crippen LogP contribution in [0.5, 0.6) is 0 Å². The summed E-state index contributed by atoms with van der Waals surface area (Å²) in [5.41, 5.74) is 9.25. The molecule has 0 aliphatic carbocycles. The first-order valence-corrected chi connectivity index (χ1v) is 13.6. The first-order chi connectivity index (χ1) is 20.7. The molecule has 0 N–H and O–H groups in total. The molecule has 8 rings (SSSR count). The molecule has 0 atom stereocenters. The van der Waals surface area contributed by atoms with Crippen molar-refractivity contribution in [2.45, 2.75) is 0 Å². The molecule has 0 bridgehead atoms. The van der Waals surface area contributed by atoms with Gasteiger partial charge in [0.05, 0.1) is 17.2 Å². The van der Waals surface area contributed by atoms with Crippen molar-refractivity contribution in [3.8, 4) is 45.5 Å². The van der Waals surface area contributed by atoms with E-state index in [4.69, 9.17) is 8.83 Å². The zero-order valence-electron chi connectivity index (χ0n) is 22.3. The Morgan fingerprint density at radius 3 is 1.57 bits per heavy atom. The van der Waals surface area contributed by atoms with E-state index in [1.807, 2.05) is 91.0 Å². The summed E-state index contributed by atoms with van der Waals surface area (Å²) in [5, 5.41) is 24.8. The molecule has 0 fully saturated rings. The highest BCUT2D eigenvalue weighted by molar-refractivity contribution is 6.08. The number of hydrogen-bond donors (Lipinski definition) is 0. The Morgan fingerprint density at radius 2 is 0.952 bits per heavy atom. The van der Waals surface area contributed by atoms with Crippen molar-refractivity contribution in [2.24, 2.45) is 0 Å². The van der Waals surface area contributed by atoms with Crippen molar-refractivity contribution in [1.29, 1.82) is 10.5 Å². The van der Waals surface area contributed by atoms with Gasteiger partial charge in [0.2, 0.25) is 0 Å². The van der Waals surface area contributed by atoms with Gasteiger partial charge in [-0.25, -0.2) is 0 Å². The Hall–Kier alpha value is -6.10. The molecule has 6 aromatic carbocycles. The van der Waals surface area contributed by atoms with Gasteiger partial charge < -0.3 is 8.83 Å². The molecule has 4 nitrogen and oxygen atoms in total. The van der Waals surface area contributed by atoms with E-state index in [1.165, 1.54) is 0 Å². The van der Waals surface area contributed by atoms with E-state index in [1.54, 1.807) is 6.07 Å². The Labute approximate surface area is 240 Å². The average molecular weight is 537 g/mol. The fraction of sp³-hybridized carbons (Fsp3) is 0. The van der Waals surface area contributed by atoms with Crippen LogP contribution in [0.1, 0.15) is 11.1 Å². The predicted molar refractivity (Wildman–Crippen MR) is 167 cm³/mol. The number of fused-ring (bicyclic) bond motifs is 6. The summed E-state index contributed by atoms with van der Waals surface area (Å²) < 4.78 is 12.1. The Kier molecular flexibility index (Phi) is 5.22. The molecule has 0 saturated heterocycles.